The minimum atomic E-state index is -0.286. The molecule has 0 saturated carbocycles. The summed E-state index contributed by atoms with van der Waals surface area (Å²) in [5.41, 5.74) is 3.24. The van der Waals surface area contributed by atoms with Gasteiger partial charge in [0, 0.05) is 11.4 Å². The van der Waals surface area contributed by atoms with Crippen LogP contribution in [0.15, 0.2) is 29.4 Å². The molecule has 2 atom stereocenters. The van der Waals surface area contributed by atoms with Crippen LogP contribution in [-0.4, -0.2) is 26.4 Å². The van der Waals surface area contributed by atoms with E-state index in [0.717, 1.165) is 42.8 Å². The molecule has 1 aliphatic carbocycles. The van der Waals surface area contributed by atoms with Crippen molar-refractivity contribution in [1.82, 2.24) is 14.8 Å². The summed E-state index contributed by atoms with van der Waals surface area (Å²) in [5.74, 6) is 2.13. The normalized spacial score (nSPS) is 16.0. The molecule has 9 heteroatoms. The molecule has 1 aliphatic rings. The first kappa shape index (κ1) is 28.2. The van der Waals surface area contributed by atoms with E-state index >= 15 is 0 Å². The summed E-state index contributed by atoms with van der Waals surface area (Å²) in [6.45, 7) is 13.6. The molecule has 0 bridgehead atoms. The maximum absolute atomic E-state index is 12.9. The molecule has 0 unspecified atom stereocenters. The summed E-state index contributed by atoms with van der Waals surface area (Å²) in [7, 11) is 0. The Kier molecular flexibility index (Phi) is 8.84. The summed E-state index contributed by atoms with van der Waals surface area (Å²) in [5, 5.41) is 22.9. The van der Waals surface area contributed by atoms with Gasteiger partial charge in [0.15, 0.2) is 17.1 Å². The first-order valence-corrected chi connectivity index (χ1v) is 15.1. The Morgan fingerprint density at radius 3 is 2.66 bits per heavy atom. The summed E-state index contributed by atoms with van der Waals surface area (Å²) < 4.78 is 8.10. The second kappa shape index (κ2) is 11.9. The van der Waals surface area contributed by atoms with Crippen molar-refractivity contribution in [3.05, 3.63) is 51.7 Å². The molecule has 1 N–H and O–H groups in total. The molecule has 38 heavy (non-hydrogen) atoms. The lowest BCUT2D eigenvalue weighted by Gasteiger charge is -2.33. The van der Waals surface area contributed by atoms with Crippen molar-refractivity contribution < 1.29 is 9.53 Å². The molecule has 202 valence electrons. The fraction of sp³-hybridized carbons (Fsp3) is 0.517. The SMILES string of the molecule is CCc1ccc(O[C@@H](C)c2nnc(SCC(=O)Nc3sc4c(c3C#N)CC[C@@H](C(C)(C)C)C4)n2CC)cc1. The predicted molar refractivity (Wildman–Crippen MR) is 154 cm³/mol. The van der Waals surface area contributed by atoms with Gasteiger partial charge in [-0.3, -0.25) is 4.79 Å². The quantitative estimate of drug-likeness (QED) is 0.294. The van der Waals surface area contributed by atoms with Gasteiger partial charge in [0.05, 0.1) is 11.3 Å². The largest absolute Gasteiger partial charge is 0.483 e. The van der Waals surface area contributed by atoms with Crippen LogP contribution in [0.2, 0.25) is 0 Å². The lowest BCUT2D eigenvalue weighted by atomic mass is 9.72. The highest BCUT2D eigenvalue weighted by Crippen LogP contribution is 2.44. The zero-order chi connectivity index (χ0) is 27.4. The fourth-order valence-corrected chi connectivity index (χ4v) is 6.99. The highest BCUT2D eigenvalue weighted by molar-refractivity contribution is 7.99. The number of carbonyl (C=O) groups is 1. The Morgan fingerprint density at radius 2 is 2.03 bits per heavy atom. The third-order valence-electron chi connectivity index (χ3n) is 7.26. The number of ether oxygens (including phenoxy) is 1. The number of aryl methyl sites for hydroxylation is 1. The van der Waals surface area contributed by atoms with Gasteiger partial charge in [-0.2, -0.15) is 5.26 Å². The number of amides is 1. The Bertz CT molecular complexity index is 1310. The van der Waals surface area contributed by atoms with Crippen LogP contribution in [0.25, 0.3) is 0 Å². The van der Waals surface area contributed by atoms with Crippen molar-refractivity contribution in [2.45, 2.75) is 85.0 Å². The average molecular weight is 552 g/mol. The van der Waals surface area contributed by atoms with Crippen LogP contribution >= 0.6 is 23.1 Å². The lowest BCUT2D eigenvalue weighted by molar-refractivity contribution is -0.113. The van der Waals surface area contributed by atoms with Crippen LogP contribution in [0.4, 0.5) is 5.00 Å². The topological polar surface area (TPSA) is 92.8 Å². The average Bonchev–Trinajstić information content (AvgIpc) is 3.47. The van der Waals surface area contributed by atoms with E-state index in [-0.39, 0.29) is 23.2 Å². The maximum Gasteiger partial charge on any atom is 0.235 e. The smallest absolute Gasteiger partial charge is 0.235 e. The van der Waals surface area contributed by atoms with Crippen LogP contribution in [0.5, 0.6) is 5.75 Å². The zero-order valence-electron chi connectivity index (χ0n) is 23.1. The van der Waals surface area contributed by atoms with Gasteiger partial charge in [-0.15, -0.1) is 21.5 Å². The summed E-state index contributed by atoms with van der Waals surface area (Å²) in [6.07, 6.45) is 3.64. The van der Waals surface area contributed by atoms with Crippen molar-refractivity contribution in [3.63, 3.8) is 0 Å². The van der Waals surface area contributed by atoms with Gasteiger partial charge in [-0.1, -0.05) is 51.6 Å². The fourth-order valence-electron chi connectivity index (χ4n) is 4.89. The van der Waals surface area contributed by atoms with E-state index in [0.29, 0.717) is 28.2 Å². The van der Waals surface area contributed by atoms with E-state index in [9.17, 15) is 10.1 Å². The van der Waals surface area contributed by atoms with E-state index in [1.165, 1.54) is 22.2 Å². The van der Waals surface area contributed by atoms with E-state index in [1.807, 2.05) is 30.5 Å². The Hall–Kier alpha value is -2.83. The minimum absolute atomic E-state index is 0.148. The van der Waals surface area contributed by atoms with Crippen LogP contribution in [0.3, 0.4) is 0 Å². The Morgan fingerprint density at radius 1 is 1.29 bits per heavy atom. The third-order valence-corrected chi connectivity index (χ3v) is 9.39. The van der Waals surface area contributed by atoms with Crippen LogP contribution in [-0.2, 0) is 30.6 Å². The molecule has 1 amide bonds. The number of hydrogen-bond acceptors (Lipinski definition) is 7. The third kappa shape index (κ3) is 6.24. The number of aromatic nitrogens is 3. The van der Waals surface area contributed by atoms with Gasteiger partial charge in [0.2, 0.25) is 5.91 Å². The van der Waals surface area contributed by atoms with Crippen LogP contribution in [0.1, 0.15) is 81.5 Å². The first-order chi connectivity index (χ1) is 18.1. The van der Waals surface area contributed by atoms with Gasteiger partial charge in [0.25, 0.3) is 0 Å². The number of hydrogen-bond donors (Lipinski definition) is 1. The molecule has 0 fully saturated rings. The summed E-state index contributed by atoms with van der Waals surface area (Å²) in [6, 6.07) is 10.4. The number of benzene rings is 1. The van der Waals surface area contributed by atoms with Crippen LogP contribution < -0.4 is 10.1 Å². The highest BCUT2D eigenvalue weighted by atomic mass is 32.2. The first-order valence-electron chi connectivity index (χ1n) is 13.3. The molecule has 2 heterocycles. The number of nitrogens with zero attached hydrogens (tertiary/aromatic N) is 4. The monoisotopic (exact) mass is 551 g/mol. The van der Waals surface area contributed by atoms with Gasteiger partial charge in [-0.25, -0.2) is 0 Å². The number of anilines is 1. The maximum atomic E-state index is 12.9. The Balaban J connectivity index is 1.40. The van der Waals surface area contributed by atoms with Gasteiger partial charge in [0.1, 0.15) is 16.8 Å². The zero-order valence-corrected chi connectivity index (χ0v) is 24.8. The highest BCUT2D eigenvalue weighted by Gasteiger charge is 2.32. The number of fused-ring (bicyclic) bond motifs is 1. The van der Waals surface area contributed by atoms with Gasteiger partial charge in [-0.05, 0) is 74.1 Å². The van der Waals surface area contributed by atoms with Crippen molar-refractivity contribution in [2.24, 2.45) is 11.3 Å². The van der Waals surface area contributed by atoms with E-state index < -0.39 is 0 Å². The number of thiophene rings is 1. The predicted octanol–water partition coefficient (Wildman–Crippen LogP) is 6.82. The number of carbonyl (C=O) groups excluding carboxylic acids is 1. The molecular formula is C29H37N5O2S2. The Labute approximate surface area is 234 Å². The summed E-state index contributed by atoms with van der Waals surface area (Å²) in [4.78, 5) is 14.1. The second-order valence-electron chi connectivity index (χ2n) is 10.8. The minimum Gasteiger partial charge on any atom is -0.483 e. The molecule has 2 aromatic heterocycles. The number of nitriles is 1. The molecule has 0 aliphatic heterocycles. The van der Waals surface area contributed by atoms with Crippen molar-refractivity contribution in [2.75, 3.05) is 11.1 Å². The number of rotatable bonds is 9. The molecule has 3 aromatic rings. The van der Waals surface area contributed by atoms with Crippen LogP contribution in [0, 0.1) is 22.7 Å². The van der Waals surface area contributed by atoms with Crippen molar-refractivity contribution in [3.8, 4) is 11.8 Å². The van der Waals surface area contributed by atoms with Gasteiger partial charge >= 0.3 is 0 Å². The molecule has 0 spiro atoms. The molecule has 4 rings (SSSR count). The lowest BCUT2D eigenvalue weighted by Crippen LogP contribution is -2.26. The standard InChI is InChI=1S/C29H37N5O2S2/c1-7-19-9-12-21(13-10-19)36-18(3)26-32-33-28(34(26)8-2)37-17-25(35)31-27-23(16-30)22-14-11-20(29(4,5)6)15-24(22)38-27/h9-10,12-13,18,20H,7-8,11,14-15,17H2,1-6H3,(H,31,35)/t18-,20+/m0/s1. The number of nitrogens with one attached hydrogen (secondary N) is 1. The molecule has 1 aromatic carbocycles. The molecular weight excluding hydrogens is 514 g/mol. The molecule has 0 saturated heterocycles. The second-order valence-corrected chi connectivity index (χ2v) is 12.9. The van der Waals surface area contributed by atoms with Gasteiger partial charge < -0.3 is 14.6 Å². The summed E-state index contributed by atoms with van der Waals surface area (Å²) >= 11 is 2.91. The van der Waals surface area contributed by atoms with Crippen molar-refractivity contribution >= 4 is 34.0 Å². The van der Waals surface area contributed by atoms with E-state index in [1.54, 1.807) is 11.3 Å². The number of thioether (sulfide) groups is 1. The van der Waals surface area contributed by atoms with E-state index in [2.05, 4.69) is 61.4 Å². The molecule has 7 nitrogen and oxygen atoms in total. The molecule has 0 radical (unpaired) electrons. The van der Waals surface area contributed by atoms with Crippen molar-refractivity contribution in [1.29, 1.82) is 5.26 Å². The van der Waals surface area contributed by atoms with E-state index in [4.69, 9.17) is 4.74 Å².